The number of halogens is 1. The van der Waals surface area contributed by atoms with Gasteiger partial charge in [0.25, 0.3) is 0 Å². The SMILES string of the molecule is CN(C)C(C(=O)O)C1=CC=C(Cl)CN=C1. The predicted octanol–water partition coefficient (Wildman–Crippen LogP) is 1.13. The van der Waals surface area contributed by atoms with E-state index < -0.39 is 12.0 Å². The summed E-state index contributed by atoms with van der Waals surface area (Å²) in [5.74, 6) is -0.899. The smallest absolute Gasteiger partial charge is 0.325 e. The molecule has 0 aromatic heterocycles. The Bertz CT molecular complexity index is 345. The van der Waals surface area contributed by atoms with Gasteiger partial charge in [-0.3, -0.25) is 14.7 Å². The summed E-state index contributed by atoms with van der Waals surface area (Å²) in [5, 5.41) is 9.66. The lowest BCUT2D eigenvalue weighted by atomic mass is 10.1. The van der Waals surface area contributed by atoms with Crippen molar-refractivity contribution in [3.8, 4) is 0 Å². The Kier molecular flexibility index (Phi) is 4.05. The van der Waals surface area contributed by atoms with Crippen molar-refractivity contribution in [1.82, 2.24) is 4.90 Å². The second-order valence-electron chi connectivity index (χ2n) is 3.45. The van der Waals surface area contributed by atoms with Gasteiger partial charge >= 0.3 is 5.97 Å². The second kappa shape index (κ2) is 5.09. The van der Waals surface area contributed by atoms with Crippen LogP contribution in [0.3, 0.4) is 0 Å². The Hall–Kier alpha value is -1.13. The minimum atomic E-state index is -0.899. The van der Waals surface area contributed by atoms with E-state index in [-0.39, 0.29) is 0 Å². The first-order valence-electron chi connectivity index (χ1n) is 4.47. The molecule has 0 radical (unpaired) electrons. The average Bonchev–Trinajstić information content (AvgIpc) is 2.30. The van der Waals surface area contributed by atoms with Gasteiger partial charge in [0.1, 0.15) is 6.04 Å². The fourth-order valence-corrected chi connectivity index (χ4v) is 1.48. The molecule has 1 aliphatic rings. The normalized spacial score (nSPS) is 18.1. The maximum absolute atomic E-state index is 11.0. The van der Waals surface area contributed by atoms with E-state index in [0.717, 1.165) is 0 Å². The van der Waals surface area contributed by atoms with Crippen molar-refractivity contribution in [3.63, 3.8) is 0 Å². The van der Waals surface area contributed by atoms with E-state index in [1.807, 2.05) is 0 Å². The molecule has 0 aliphatic carbocycles. The van der Waals surface area contributed by atoms with Crippen molar-refractivity contribution in [2.45, 2.75) is 6.04 Å². The first-order chi connectivity index (χ1) is 7.02. The van der Waals surface area contributed by atoms with Crippen LogP contribution in [0, 0.1) is 0 Å². The molecule has 5 heteroatoms. The van der Waals surface area contributed by atoms with E-state index >= 15 is 0 Å². The first-order valence-corrected chi connectivity index (χ1v) is 4.85. The van der Waals surface area contributed by atoms with Gasteiger partial charge in [0.2, 0.25) is 0 Å². The maximum Gasteiger partial charge on any atom is 0.325 e. The lowest BCUT2D eigenvalue weighted by Crippen LogP contribution is -2.37. The molecule has 0 amide bonds. The zero-order chi connectivity index (χ0) is 11.4. The molecule has 1 heterocycles. The molecule has 0 saturated carbocycles. The van der Waals surface area contributed by atoms with E-state index in [1.165, 1.54) is 0 Å². The molecule has 0 aromatic carbocycles. The van der Waals surface area contributed by atoms with E-state index in [2.05, 4.69) is 4.99 Å². The molecule has 4 nitrogen and oxygen atoms in total. The highest BCUT2D eigenvalue weighted by molar-refractivity contribution is 6.30. The van der Waals surface area contributed by atoms with Crippen molar-refractivity contribution in [2.75, 3.05) is 20.6 Å². The molecule has 1 unspecified atom stereocenters. The number of hydrogen-bond acceptors (Lipinski definition) is 3. The van der Waals surface area contributed by atoms with Gasteiger partial charge in [-0.25, -0.2) is 0 Å². The molecule has 1 atom stereocenters. The van der Waals surface area contributed by atoms with Crippen LogP contribution in [0.25, 0.3) is 0 Å². The summed E-state index contributed by atoms with van der Waals surface area (Å²) in [7, 11) is 3.42. The van der Waals surface area contributed by atoms with Gasteiger partial charge in [0.15, 0.2) is 0 Å². The van der Waals surface area contributed by atoms with Crippen molar-refractivity contribution >= 4 is 23.8 Å². The number of hydrogen-bond donors (Lipinski definition) is 1. The second-order valence-corrected chi connectivity index (χ2v) is 3.94. The Morgan fingerprint density at radius 3 is 2.80 bits per heavy atom. The number of nitrogens with zero attached hydrogens (tertiary/aromatic N) is 2. The van der Waals surface area contributed by atoms with Crippen molar-refractivity contribution in [3.05, 3.63) is 22.8 Å². The molecular formula is C10H13ClN2O2. The number of carboxylic acid groups (broad SMARTS) is 1. The van der Waals surface area contributed by atoms with E-state index in [9.17, 15) is 4.79 Å². The third-order valence-electron chi connectivity index (χ3n) is 2.01. The van der Waals surface area contributed by atoms with E-state index in [4.69, 9.17) is 16.7 Å². The molecule has 0 saturated heterocycles. The Morgan fingerprint density at radius 2 is 2.27 bits per heavy atom. The average molecular weight is 229 g/mol. The molecule has 0 bridgehead atoms. The standard InChI is InChI=1S/C10H13ClN2O2/c1-13(2)9(10(14)15)7-3-4-8(11)6-12-5-7/h3-5,9H,6H2,1-2H3,(H,14,15). The zero-order valence-corrected chi connectivity index (χ0v) is 9.40. The summed E-state index contributed by atoms with van der Waals surface area (Å²) >= 11 is 5.79. The van der Waals surface area contributed by atoms with Crippen LogP contribution < -0.4 is 0 Å². The van der Waals surface area contributed by atoms with Crippen molar-refractivity contribution in [2.24, 2.45) is 4.99 Å². The number of carbonyl (C=O) groups is 1. The minimum Gasteiger partial charge on any atom is -0.480 e. The fourth-order valence-electron chi connectivity index (χ4n) is 1.34. The topological polar surface area (TPSA) is 52.9 Å². The summed E-state index contributed by atoms with van der Waals surface area (Å²) in [6.45, 7) is 0.404. The van der Waals surface area contributed by atoms with Gasteiger partial charge < -0.3 is 5.11 Å². The molecule has 1 rings (SSSR count). The predicted molar refractivity (Wildman–Crippen MR) is 60.5 cm³/mol. The fraction of sp³-hybridized carbons (Fsp3) is 0.400. The third kappa shape index (κ3) is 3.18. The summed E-state index contributed by atoms with van der Waals surface area (Å²) in [5.41, 5.74) is 0.628. The minimum absolute atomic E-state index is 0.404. The summed E-state index contributed by atoms with van der Waals surface area (Å²) in [4.78, 5) is 16.7. The number of aliphatic imine (C=N–C) groups is 1. The molecule has 0 spiro atoms. The summed E-state index contributed by atoms with van der Waals surface area (Å²) in [6, 6.07) is -0.687. The number of aliphatic carboxylic acids is 1. The lowest BCUT2D eigenvalue weighted by Gasteiger charge is -2.20. The van der Waals surface area contributed by atoms with Gasteiger partial charge in [-0.15, -0.1) is 0 Å². The quantitative estimate of drug-likeness (QED) is 0.788. The van der Waals surface area contributed by atoms with Gasteiger partial charge in [-0.2, -0.15) is 0 Å². The van der Waals surface area contributed by atoms with Crippen LogP contribution in [0.2, 0.25) is 0 Å². The monoisotopic (exact) mass is 228 g/mol. The van der Waals surface area contributed by atoms with Crippen LogP contribution in [-0.2, 0) is 4.79 Å². The molecule has 0 aromatic rings. The van der Waals surface area contributed by atoms with E-state index in [0.29, 0.717) is 17.2 Å². The lowest BCUT2D eigenvalue weighted by molar-refractivity contribution is -0.140. The molecular weight excluding hydrogens is 216 g/mol. The molecule has 0 fully saturated rings. The Morgan fingerprint density at radius 1 is 1.60 bits per heavy atom. The van der Waals surface area contributed by atoms with Gasteiger partial charge in [-0.05, 0) is 25.7 Å². The highest BCUT2D eigenvalue weighted by atomic mass is 35.5. The molecule has 1 aliphatic heterocycles. The van der Waals surface area contributed by atoms with Gasteiger partial charge in [0, 0.05) is 11.2 Å². The van der Waals surface area contributed by atoms with Crippen molar-refractivity contribution < 1.29 is 9.90 Å². The first kappa shape index (κ1) is 11.9. The van der Waals surface area contributed by atoms with Crippen LogP contribution in [0.4, 0.5) is 0 Å². The summed E-state index contributed by atoms with van der Waals surface area (Å²) in [6.07, 6.45) is 4.94. The van der Waals surface area contributed by atoms with Crippen LogP contribution in [0.15, 0.2) is 27.7 Å². The summed E-state index contributed by atoms with van der Waals surface area (Å²) < 4.78 is 0. The Labute approximate surface area is 93.6 Å². The van der Waals surface area contributed by atoms with Crippen LogP contribution in [0.1, 0.15) is 0 Å². The van der Waals surface area contributed by atoms with Crippen LogP contribution >= 0.6 is 11.6 Å². The number of allylic oxidation sites excluding steroid dienone is 2. The zero-order valence-electron chi connectivity index (χ0n) is 8.64. The van der Waals surface area contributed by atoms with E-state index in [1.54, 1.807) is 37.4 Å². The Balaban J connectivity index is 2.98. The third-order valence-corrected chi connectivity index (χ3v) is 2.25. The number of likely N-dealkylation sites (N-methyl/N-ethyl adjacent to an activating group) is 1. The molecule has 15 heavy (non-hydrogen) atoms. The van der Waals surface area contributed by atoms with Gasteiger partial charge in [0.05, 0.1) is 6.54 Å². The van der Waals surface area contributed by atoms with Gasteiger partial charge in [-0.1, -0.05) is 17.7 Å². The maximum atomic E-state index is 11.0. The largest absolute Gasteiger partial charge is 0.480 e. The molecule has 82 valence electrons. The van der Waals surface area contributed by atoms with Crippen LogP contribution in [-0.4, -0.2) is 48.9 Å². The highest BCUT2D eigenvalue weighted by Gasteiger charge is 2.23. The van der Waals surface area contributed by atoms with Crippen LogP contribution in [0.5, 0.6) is 0 Å². The van der Waals surface area contributed by atoms with Crippen molar-refractivity contribution in [1.29, 1.82) is 0 Å². The number of carboxylic acids is 1. The highest BCUT2D eigenvalue weighted by Crippen LogP contribution is 2.12. The number of rotatable bonds is 3. The molecule has 1 N–H and O–H groups in total.